The van der Waals surface area contributed by atoms with Crippen molar-refractivity contribution in [2.24, 2.45) is 0 Å². The smallest absolute Gasteiger partial charge is 0.267 e. The maximum atomic E-state index is 12.7. The van der Waals surface area contributed by atoms with Crippen molar-refractivity contribution in [2.75, 3.05) is 0 Å². The number of aromatic nitrogens is 3. The van der Waals surface area contributed by atoms with Gasteiger partial charge in [-0.3, -0.25) is 4.79 Å². The maximum absolute atomic E-state index is 12.7. The van der Waals surface area contributed by atoms with Gasteiger partial charge in [-0.15, -0.1) is 10.2 Å². The van der Waals surface area contributed by atoms with E-state index < -0.39 is 0 Å². The topological polar surface area (TPSA) is 47.3 Å². The molecule has 2 heterocycles. The van der Waals surface area contributed by atoms with Crippen LogP contribution in [-0.2, 0) is 0 Å². The summed E-state index contributed by atoms with van der Waals surface area (Å²) in [6, 6.07) is 17.4. The van der Waals surface area contributed by atoms with Gasteiger partial charge >= 0.3 is 0 Å². The first kappa shape index (κ1) is 14.3. The Bertz CT molecular complexity index is 1100. The molecule has 0 saturated heterocycles. The molecule has 2 aromatic heterocycles. The summed E-state index contributed by atoms with van der Waals surface area (Å²) >= 11 is 4.79. The fourth-order valence-corrected chi connectivity index (χ4v) is 3.71. The van der Waals surface area contributed by atoms with Crippen LogP contribution in [0.3, 0.4) is 0 Å². The van der Waals surface area contributed by atoms with Gasteiger partial charge < -0.3 is 0 Å². The Labute approximate surface area is 143 Å². The van der Waals surface area contributed by atoms with Crippen molar-refractivity contribution in [1.82, 2.24) is 14.6 Å². The Kier molecular flexibility index (Phi) is 3.55. The van der Waals surface area contributed by atoms with E-state index in [9.17, 15) is 4.79 Å². The molecule has 4 aromatic rings. The predicted molar refractivity (Wildman–Crippen MR) is 95.5 cm³/mol. The van der Waals surface area contributed by atoms with E-state index in [1.54, 1.807) is 4.40 Å². The number of benzene rings is 2. The Morgan fingerprint density at radius 1 is 1.04 bits per heavy atom. The highest BCUT2D eigenvalue weighted by molar-refractivity contribution is 9.10. The van der Waals surface area contributed by atoms with Crippen molar-refractivity contribution in [3.63, 3.8) is 0 Å². The van der Waals surface area contributed by atoms with Gasteiger partial charge in [-0.2, -0.15) is 0 Å². The van der Waals surface area contributed by atoms with Gasteiger partial charge in [-0.25, -0.2) is 4.40 Å². The van der Waals surface area contributed by atoms with Crippen LogP contribution >= 0.6 is 27.3 Å². The van der Waals surface area contributed by atoms with Crippen molar-refractivity contribution in [3.8, 4) is 11.4 Å². The largest absolute Gasteiger partial charge is 0.276 e. The zero-order valence-corrected chi connectivity index (χ0v) is 14.2. The Morgan fingerprint density at radius 3 is 2.65 bits per heavy atom. The predicted octanol–water partition coefficient (Wildman–Crippen LogP) is 3.13. The summed E-state index contributed by atoms with van der Waals surface area (Å²) in [5.74, 6) is 0.579. The van der Waals surface area contributed by atoms with E-state index in [-0.39, 0.29) is 5.56 Å². The molecule has 0 spiro atoms. The Morgan fingerprint density at radius 2 is 1.87 bits per heavy atom. The minimum Gasteiger partial charge on any atom is -0.267 e. The van der Waals surface area contributed by atoms with Gasteiger partial charge in [0.2, 0.25) is 4.96 Å². The minimum atomic E-state index is -0.0890. The Hall–Kier alpha value is -2.31. The highest BCUT2D eigenvalue weighted by Gasteiger charge is 2.13. The lowest BCUT2D eigenvalue weighted by Gasteiger charge is -1.95. The van der Waals surface area contributed by atoms with Crippen LogP contribution in [0.4, 0.5) is 0 Å². The molecule has 0 radical (unpaired) electrons. The molecule has 6 heteroatoms. The van der Waals surface area contributed by atoms with E-state index in [1.165, 1.54) is 11.3 Å². The zero-order valence-electron chi connectivity index (χ0n) is 11.8. The van der Waals surface area contributed by atoms with Gasteiger partial charge in [0.1, 0.15) is 0 Å². The van der Waals surface area contributed by atoms with E-state index in [1.807, 2.05) is 60.7 Å². The minimum absolute atomic E-state index is 0.0890. The van der Waals surface area contributed by atoms with Gasteiger partial charge in [0.25, 0.3) is 5.56 Å². The molecule has 0 aliphatic heterocycles. The highest BCUT2D eigenvalue weighted by Crippen LogP contribution is 2.17. The molecular formula is C17H10BrN3OS. The van der Waals surface area contributed by atoms with E-state index >= 15 is 0 Å². The van der Waals surface area contributed by atoms with Crippen LogP contribution in [0, 0.1) is 0 Å². The summed E-state index contributed by atoms with van der Waals surface area (Å²) in [6.45, 7) is 0. The molecular weight excluding hydrogens is 374 g/mol. The second-order valence-corrected chi connectivity index (χ2v) is 6.90. The summed E-state index contributed by atoms with van der Waals surface area (Å²) in [7, 11) is 0. The van der Waals surface area contributed by atoms with Gasteiger partial charge in [0.05, 0.1) is 4.53 Å². The molecule has 0 atom stereocenters. The molecule has 0 aliphatic carbocycles. The molecule has 0 amide bonds. The normalized spacial score (nSPS) is 12.1. The summed E-state index contributed by atoms with van der Waals surface area (Å²) in [5.41, 5.74) is 1.76. The first-order chi connectivity index (χ1) is 11.2. The monoisotopic (exact) mass is 383 g/mol. The maximum Gasteiger partial charge on any atom is 0.276 e. The van der Waals surface area contributed by atoms with Gasteiger partial charge in [-0.1, -0.05) is 69.7 Å². The average molecular weight is 384 g/mol. The number of thiazole rings is 1. The van der Waals surface area contributed by atoms with E-state index in [0.717, 1.165) is 15.6 Å². The van der Waals surface area contributed by atoms with Crippen LogP contribution in [0.25, 0.3) is 22.4 Å². The SMILES string of the molecule is O=c1/c(=C\c2cccc(Br)c2)sc2nnc(-c3ccccc3)n12. The molecule has 0 unspecified atom stereocenters. The second-order valence-electron chi connectivity index (χ2n) is 4.98. The summed E-state index contributed by atoms with van der Waals surface area (Å²) in [6.07, 6.45) is 1.88. The van der Waals surface area contributed by atoms with Gasteiger partial charge in [-0.05, 0) is 23.8 Å². The summed E-state index contributed by atoms with van der Waals surface area (Å²) in [4.78, 5) is 13.3. The molecule has 4 nitrogen and oxygen atoms in total. The lowest BCUT2D eigenvalue weighted by atomic mass is 10.2. The van der Waals surface area contributed by atoms with E-state index in [0.29, 0.717) is 15.3 Å². The van der Waals surface area contributed by atoms with Crippen LogP contribution in [0.2, 0.25) is 0 Å². The van der Waals surface area contributed by atoms with E-state index in [4.69, 9.17) is 0 Å². The first-order valence-electron chi connectivity index (χ1n) is 6.93. The number of halogens is 1. The summed E-state index contributed by atoms with van der Waals surface area (Å²) in [5, 5.41) is 8.29. The number of hydrogen-bond donors (Lipinski definition) is 0. The van der Waals surface area contributed by atoms with Crippen LogP contribution < -0.4 is 10.1 Å². The quantitative estimate of drug-likeness (QED) is 0.534. The standard InChI is InChI=1S/C17H10BrN3OS/c18-13-8-4-5-11(9-13)10-14-16(22)21-15(19-20-17(21)23-14)12-6-2-1-3-7-12/h1-10H/b14-10+. The highest BCUT2D eigenvalue weighted by atomic mass is 79.9. The van der Waals surface area contributed by atoms with Crippen LogP contribution in [0.15, 0.2) is 63.9 Å². The summed E-state index contributed by atoms with van der Waals surface area (Å²) < 4.78 is 3.20. The van der Waals surface area contributed by atoms with Crippen LogP contribution in [-0.4, -0.2) is 14.6 Å². The molecule has 0 N–H and O–H groups in total. The molecule has 23 heavy (non-hydrogen) atoms. The Balaban J connectivity index is 1.93. The van der Waals surface area contributed by atoms with Crippen LogP contribution in [0.1, 0.15) is 5.56 Å². The average Bonchev–Trinajstić information content (AvgIpc) is 3.10. The number of fused-ring (bicyclic) bond motifs is 1. The van der Waals surface area contributed by atoms with Crippen LogP contribution in [0.5, 0.6) is 0 Å². The fourth-order valence-electron chi connectivity index (χ4n) is 2.38. The molecule has 0 aliphatic rings. The van der Waals surface area contributed by atoms with Gasteiger partial charge in [0, 0.05) is 10.0 Å². The molecule has 112 valence electrons. The van der Waals surface area contributed by atoms with Crippen molar-refractivity contribution in [2.45, 2.75) is 0 Å². The molecule has 4 rings (SSSR count). The van der Waals surface area contributed by atoms with E-state index in [2.05, 4.69) is 26.1 Å². The third-order valence-corrected chi connectivity index (χ3v) is 4.88. The third kappa shape index (κ3) is 2.60. The molecule has 2 aromatic carbocycles. The number of hydrogen-bond acceptors (Lipinski definition) is 4. The van der Waals surface area contributed by atoms with Crippen molar-refractivity contribution in [1.29, 1.82) is 0 Å². The number of rotatable bonds is 2. The van der Waals surface area contributed by atoms with Crippen molar-refractivity contribution >= 4 is 38.3 Å². The lowest BCUT2D eigenvalue weighted by molar-refractivity contribution is 1.09. The third-order valence-electron chi connectivity index (χ3n) is 3.43. The fraction of sp³-hybridized carbons (Fsp3) is 0. The lowest BCUT2D eigenvalue weighted by Crippen LogP contribution is -2.23. The first-order valence-corrected chi connectivity index (χ1v) is 8.54. The van der Waals surface area contributed by atoms with Crippen molar-refractivity contribution in [3.05, 3.63) is 79.5 Å². The molecule has 0 fully saturated rings. The van der Waals surface area contributed by atoms with Crippen molar-refractivity contribution < 1.29 is 0 Å². The molecule has 0 bridgehead atoms. The van der Waals surface area contributed by atoms with Gasteiger partial charge in [0.15, 0.2) is 5.82 Å². The second kappa shape index (κ2) is 5.72. The number of nitrogens with zero attached hydrogens (tertiary/aromatic N) is 3. The zero-order chi connectivity index (χ0) is 15.8. The molecule has 0 saturated carbocycles.